The Hall–Kier alpha value is -2.47. The number of hydrogen-bond donors (Lipinski definition) is 0. The molecule has 176 valence electrons. The third kappa shape index (κ3) is 4.77. The van der Waals surface area contributed by atoms with Crippen LogP contribution in [-0.2, 0) is 19.4 Å². The van der Waals surface area contributed by atoms with Crippen molar-refractivity contribution in [1.82, 2.24) is 19.8 Å². The zero-order chi connectivity index (χ0) is 22.8. The van der Waals surface area contributed by atoms with Gasteiger partial charge in [-0.3, -0.25) is 9.69 Å². The highest BCUT2D eigenvalue weighted by atomic mass is 16.5. The molecule has 1 unspecified atom stereocenters. The van der Waals surface area contributed by atoms with Gasteiger partial charge in [-0.1, -0.05) is 6.07 Å². The molecule has 6 heteroatoms. The van der Waals surface area contributed by atoms with E-state index in [9.17, 15) is 4.79 Å². The molecule has 1 atom stereocenters. The van der Waals surface area contributed by atoms with Crippen LogP contribution in [0.15, 0.2) is 18.3 Å². The smallest absolute Gasteiger partial charge is 0.257 e. The van der Waals surface area contributed by atoms with Crippen LogP contribution in [0.25, 0.3) is 0 Å². The summed E-state index contributed by atoms with van der Waals surface area (Å²) in [5, 5.41) is 0. The van der Waals surface area contributed by atoms with Crippen molar-refractivity contribution in [1.29, 1.82) is 0 Å². The molecule has 1 amide bonds. The Balaban J connectivity index is 1.28. The highest BCUT2D eigenvalue weighted by molar-refractivity contribution is 5.95. The first kappa shape index (κ1) is 22.3. The number of methoxy groups -OCH3 is 1. The highest BCUT2D eigenvalue weighted by Crippen LogP contribution is 2.32. The Labute approximate surface area is 197 Å². The van der Waals surface area contributed by atoms with E-state index in [-0.39, 0.29) is 5.91 Å². The second kappa shape index (κ2) is 9.80. The number of rotatable bonds is 5. The molecule has 2 aromatic rings. The predicted molar refractivity (Wildman–Crippen MR) is 129 cm³/mol. The fourth-order valence-corrected chi connectivity index (χ4v) is 5.78. The van der Waals surface area contributed by atoms with Crippen molar-refractivity contribution in [3.63, 3.8) is 0 Å². The van der Waals surface area contributed by atoms with Crippen molar-refractivity contribution in [3.05, 3.63) is 52.1 Å². The number of ether oxygens (including phenoxy) is 1. The molecule has 2 saturated heterocycles. The number of nitrogens with zero attached hydrogens (tertiary/aromatic N) is 4. The average Bonchev–Trinajstić information content (AvgIpc) is 3.31. The van der Waals surface area contributed by atoms with Crippen LogP contribution < -0.4 is 4.74 Å². The molecular weight excluding hydrogens is 412 g/mol. The topological polar surface area (TPSA) is 58.6 Å². The van der Waals surface area contributed by atoms with Gasteiger partial charge in [0.05, 0.1) is 18.4 Å². The molecule has 33 heavy (non-hydrogen) atoms. The van der Waals surface area contributed by atoms with Crippen LogP contribution in [0.2, 0.25) is 0 Å². The summed E-state index contributed by atoms with van der Waals surface area (Å²) in [6, 6.07) is 4.62. The molecule has 2 fully saturated rings. The molecule has 0 bridgehead atoms. The molecule has 5 rings (SSSR count). The molecular formula is C27H36N4O2. The number of fused-ring (bicyclic) bond motifs is 1. The summed E-state index contributed by atoms with van der Waals surface area (Å²) in [6.07, 6.45) is 11.0. The van der Waals surface area contributed by atoms with Gasteiger partial charge in [-0.05, 0) is 82.0 Å². The van der Waals surface area contributed by atoms with Crippen LogP contribution in [0.5, 0.6) is 5.75 Å². The zero-order valence-corrected chi connectivity index (χ0v) is 20.1. The van der Waals surface area contributed by atoms with Crippen molar-refractivity contribution >= 4 is 5.91 Å². The monoisotopic (exact) mass is 448 g/mol. The van der Waals surface area contributed by atoms with Crippen molar-refractivity contribution in [2.24, 2.45) is 0 Å². The first-order chi connectivity index (χ1) is 16.1. The van der Waals surface area contributed by atoms with E-state index >= 15 is 0 Å². The first-order valence-electron chi connectivity index (χ1n) is 12.7. The van der Waals surface area contributed by atoms with Gasteiger partial charge in [0.25, 0.3) is 5.91 Å². The van der Waals surface area contributed by atoms with Crippen molar-refractivity contribution in [2.45, 2.75) is 70.8 Å². The number of benzene rings is 1. The average molecular weight is 449 g/mol. The van der Waals surface area contributed by atoms with Crippen molar-refractivity contribution < 1.29 is 9.53 Å². The maximum Gasteiger partial charge on any atom is 0.257 e. The van der Waals surface area contributed by atoms with Crippen LogP contribution in [0.4, 0.5) is 0 Å². The number of carbonyl (C=O) groups excluding carboxylic acids is 1. The van der Waals surface area contributed by atoms with E-state index in [0.717, 1.165) is 75.7 Å². The minimum Gasteiger partial charge on any atom is -0.496 e. The number of amides is 1. The molecule has 0 N–H and O–H groups in total. The number of piperidine rings is 2. The van der Waals surface area contributed by atoms with Crippen molar-refractivity contribution in [3.8, 4) is 5.75 Å². The quantitative estimate of drug-likeness (QED) is 0.683. The Bertz CT molecular complexity index is 1020. The molecule has 2 aliphatic heterocycles. The molecule has 6 nitrogen and oxygen atoms in total. The zero-order valence-electron chi connectivity index (χ0n) is 20.1. The lowest BCUT2D eigenvalue weighted by Gasteiger charge is -2.32. The van der Waals surface area contributed by atoms with Crippen LogP contribution in [0, 0.1) is 6.92 Å². The van der Waals surface area contributed by atoms with E-state index in [1.807, 2.05) is 11.8 Å². The number of carbonyl (C=O) groups is 1. The van der Waals surface area contributed by atoms with Gasteiger partial charge < -0.3 is 9.64 Å². The second-order valence-electron chi connectivity index (χ2n) is 9.94. The van der Waals surface area contributed by atoms with E-state index in [4.69, 9.17) is 14.7 Å². The SMILES string of the molecule is COc1cc2c(cc1CN1CCCC(c3ncc(C(=O)N4CCCCC4)c(C)n3)C1)CCC2. The molecule has 0 saturated carbocycles. The van der Waals surface area contributed by atoms with Crippen molar-refractivity contribution in [2.75, 3.05) is 33.3 Å². The Kier molecular flexibility index (Phi) is 6.63. The van der Waals surface area contributed by atoms with E-state index in [0.29, 0.717) is 11.5 Å². The van der Waals surface area contributed by atoms with E-state index in [2.05, 4.69) is 17.0 Å². The lowest BCUT2D eigenvalue weighted by molar-refractivity contribution is 0.0722. The predicted octanol–water partition coefficient (Wildman–Crippen LogP) is 4.29. The number of hydrogen-bond acceptors (Lipinski definition) is 5. The van der Waals surface area contributed by atoms with E-state index < -0.39 is 0 Å². The summed E-state index contributed by atoms with van der Waals surface area (Å²) in [5.74, 6) is 2.29. The third-order valence-corrected chi connectivity index (χ3v) is 7.63. The lowest BCUT2D eigenvalue weighted by atomic mass is 9.96. The fraction of sp³-hybridized carbons (Fsp3) is 0.593. The van der Waals surface area contributed by atoms with Gasteiger partial charge in [-0.2, -0.15) is 0 Å². The first-order valence-corrected chi connectivity index (χ1v) is 12.7. The number of likely N-dealkylation sites (tertiary alicyclic amines) is 2. The van der Waals surface area contributed by atoms with E-state index in [1.54, 1.807) is 13.3 Å². The van der Waals surface area contributed by atoms with Crippen LogP contribution in [0.1, 0.15) is 83.0 Å². The summed E-state index contributed by atoms with van der Waals surface area (Å²) in [5.41, 5.74) is 5.71. The Morgan fingerprint density at radius 1 is 1.06 bits per heavy atom. The van der Waals surface area contributed by atoms with Gasteiger partial charge in [0.2, 0.25) is 0 Å². The maximum atomic E-state index is 12.9. The van der Waals surface area contributed by atoms with Gasteiger partial charge in [-0.15, -0.1) is 0 Å². The van der Waals surface area contributed by atoms with Crippen LogP contribution >= 0.6 is 0 Å². The normalized spacial score (nSPS) is 21.2. The number of aromatic nitrogens is 2. The van der Waals surface area contributed by atoms with Gasteiger partial charge in [0.15, 0.2) is 0 Å². The molecule has 3 heterocycles. The van der Waals surface area contributed by atoms with Crippen LogP contribution in [-0.4, -0.2) is 59.0 Å². The van der Waals surface area contributed by atoms with Gasteiger partial charge in [0.1, 0.15) is 11.6 Å². The lowest BCUT2D eigenvalue weighted by Crippen LogP contribution is -2.37. The van der Waals surface area contributed by atoms with Gasteiger partial charge in [0, 0.05) is 43.9 Å². The standard InChI is InChI=1S/C27H36N4O2/c1-19-24(27(32)31-12-4-3-5-13-31)16-28-26(29-19)22-10-7-11-30(17-22)18-23-14-20-8-6-9-21(20)15-25(23)33-2/h14-16,22H,3-13,17-18H2,1-2H3. The summed E-state index contributed by atoms with van der Waals surface area (Å²) in [4.78, 5) is 26.9. The fourth-order valence-electron chi connectivity index (χ4n) is 5.78. The molecule has 0 radical (unpaired) electrons. The summed E-state index contributed by atoms with van der Waals surface area (Å²) in [7, 11) is 1.78. The minimum atomic E-state index is 0.0905. The molecule has 3 aliphatic rings. The molecule has 0 spiro atoms. The van der Waals surface area contributed by atoms with E-state index in [1.165, 1.54) is 42.4 Å². The Morgan fingerprint density at radius 2 is 1.85 bits per heavy atom. The minimum absolute atomic E-state index is 0.0905. The molecule has 1 aliphatic carbocycles. The summed E-state index contributed by atoms with van der Waals surface area (Å²) in [6.45, 7) is 6.59. The summed E-state index contributed by atoms with van der Waals surface area (Å²) >= 11 is 0. The highest BCUT2D eigenvalue weighted by Gasteiger charge is 2.27. The van der Waals surface area contributed by atoms with Gasteiger partial charge in [-0.25, -0.2) is 9.97 Å². The van der Waals surface area contributed by atoms with Gasteiger partial charge >= 0.3 is 0 Å². The maximum absolute atomic E-state index is 12.9. The Morgan fingerprint density at radius 3 is 2.61 bits per heavy atom. The van der Waals surface area contributed by atoms with Crippen LogP contribution in [0.3, 0.4) is 0 Å². The molecule has 1 aromatic heterocycles. The third-order valence-electron chi connectivity index (χ3n) is 7.63. The summed E-state index contributed by atoms with van der Waals surface area (Å²) < 4.78 is 5.74. The number of aryl methyl sites for hydroxylation is 3. The second-order valence-corrected chi connectivity index (χ2v) is 9.94. The largest absolute Gasteiger partial charge is 0.496 e. The molecule has 1 aromatic carbocycles.